The maximum atomic E-state index is 12.3. The van der Waals surface area contributed by atoms with Gasteiger partial charge in [0, 0.05) is 6.20 Å². The van der Waals surface area contributed by atoms with E-state index in [2.05, 4.69) is 4.98 Å². The second kappa shape index (κ2) is 3.42. The van der Waals surface area contributed by atoms with Gasteiger partial charge in [0.25, 0.3) is 6.43 Å². The minimum absolute atomic E-state index is 0.00204. The Hall–Kier alpha value is -1.59. The third-order valence-electron chi connectivity index (χ3n) is 1.57. The molecule has 0 aliphatic heterocycles. The van der Waals surface area contributed by atoms with Gasteiger partial charge in [-0.1, -0.05) is 0 Å². The van der Waals surface area contributed by atoms with Crippen LogP contribution < -0.4 is 16.2 Å². The van der Waals surface area contributed by atoms with Crippen molar-refractivity contribution in [1.82, 2.24) is 4.98 Å². The molecule has 0 aliphatic carbocycles. The van der Waals surface area contributed by atoms with E-state index in [0.717, 1.165) is 6.20 Å². The molecule has 4 N–H and O–H groups in total. The number of nitrogens with zero attached hydrogens (tertiary/aromatic N) is 1. The highest BCUT2D eigenvalue weighted by atomic mass is 19.3. The van der Waals surface area contributed by atoms with E-state index in [1.165, 1.54) is 7.11 Å². The molecule has 13 heavy (non-hydrogen) atoms. The number of alkyl halides is 2. The largest absolute Gasteiger partial charge is 0.491 e. The number of hydrogen-bond donors (Lipinski definition) is 2. The Bertz CT molecular complexity index is 317. The third-order valence-corrected chi connectivity index (χ3v) is 1.57. The van der Waals surface area contributed by atoms with Gasteiger partial charge in [0.05, 0.1) is 18.4 Å². The van der Waals surface area contributed by atoms with Gasteiger partial charge in [0.1, 0.15) is 0 Å². The molecule has 1 aromatic rings. The molecule has 72 valence electrons. The van der Waals surface area contributed by atoms with Crippen molar-refractivity contribution in [2.75, 3.05) is 18.6 Å². The quantitative estimate of drug-likeness (QED) is 0.732. The molecule has 0 fully saturated rings. The zero-order valence-corrected chi connectivity index (χ0v) is 6.92. The number of methoxy groups -OCH3 is 1. The van der Waals surface area contributed by atoms with Crippen LogP contribution in [-0.2, 0) is 0 Å². The van der Waals surface area contributed by atoms with Crippen molar-refractivity contribution >= 4 is 11.5 Å². The average Bonchev–Trinajstić information content (AvgIpc) is 2.04. The maximum Gasteiger partial charge on any atom is 0.267 e. The summed E-state index contributed by atoms with van der Waals surface area (Å²) in [5.41, 5.74) is 10.2. The zero-order valence-electron chi connectivity index (χ0n) is 6.92. The summed E-state index contributed by atoms with van der Waals surface area (Å²) in [4.78, 5) is 3.52. The van der Waals surface area contributed by atoms with E-state index in [0.29, 0.717) is 0 Å². The first-order valence-electron chi connectivity index (χ1n) is 3.44. The Labute approximate surface area is 73.5 Å². The number of rotatable bonds is 2. The summed E-state index contributed by atoms with van der Waals surface area (Å²) in [5, 5.41) is 0. The van der Waals surface area contributed by atoms with Gasteiger partial charge in [0.2, 0.25) is 0 Å². The van der Waals surface area contributed by atoms with Crippen molar-refractivity contribution in [3.63, 3.8) is 0 Å². The molecule has 1 rings (SSSR count). The van der Waals surface area contributed by atoms with Crippen LogP contribution in [0.15, 0.2) is 6.20 Å². The van der Waals surface area contributed by atoms with Gasteiger partial charge in [-0.05, 0) is 0 Å². The van der Waals surface area contributed by atoms with Crippen LogP contribution in [-0.4, -0.2) is 12.1 Å². The number of halogens is 2. The normalized spacial score (nSPS) is 10.5. The van der Waals surface area contributed by atoms with Crippen LogP contribution in [0.5, 0.6) is 5.75 Å². The van der Waals surface area contributed by atoms with E-state index in [1.54, 1.807) is 0 Å². The fourth-order valence-corrected chi connectivity index (χ4v) is 0.925. The number of ether oxygens (including phenoxy) is 1. The number of aromatic nitrogens is 1. The molecule has 0 saturated carbocycles. The first-order chi connectivity index (χ1) is 6.07. The van der Waals surface area contributed by atoms with E-state index >= 15 is 0 Å². The molecule has 0 aromatic carbocycles. The van der Waals surface area contributed by atoms with Gasteiger partial charge >= 0.3 is 0 Å². The lowest BCUT2D eigenvalue weighted by atomic mass is 10.2. The van der Waals surface area contributed by atoms with Crippen LogP contribution in [0.1, 0.15) is 12.0 Å². The molecular formula is C7H9F2N3O. The standard InChI is InChI=1S/C7H9F2N3O/c1-13-5-4(10)3(6(8)9)2-12-7(5)11/h2,6H,1H3,(H4,10,11,12). The minimum atomic E-state index is -2.68. The fraction of sp³-hybridized carbons (Fsp3) is 0.286. The summed E-state index contributed by atoms with van der Waals surface area (Å²) < 4.78 is 29.2. The van der Waals surface area contributed by atoms with Crippen LogP contribution in [0.4, 0.5) is 20.3 Å². The lowest BCUT2D eigenvalue weighted by molar-refractivity contribution is 0.151. The van der Waals surface area contributed by atoms with Gasteiger partial charge in [-0.25, -0.2) is 13.8 Å². The second-order valence-corrected chi connectivity index (χ2v) is 2.35. The van der Waals surface area contributed by atoms with Gasteiger partial charge < -0.3 is 16.2 Å². The predicted molar refractivity (Wildman–Crippen MR) is 44.6 cm³/mol. The molecule has 0 atom stereocenters. The van der Waals surface area contributed by atoms with Gasteiger partial charge in [-0.3, -0.25) is 0 Å². The Morgan fingerprint density at radius 1 is 1.46 bits per heavy atom. The predicted octanol–water partition coefficient (Wildman–Crippen LogP) is 1.19. The highest BCUT2D eigenvalue weighted by Gasteiger charge is 2.17. The summed E-state index contributed by atoms with van der Waals surface area (Å²) in [5.74, 6) is 0.00204. The fourth-order valence-electron chi connectivity index (χ4n) is 0.925. The summed E-state index contributed by atoms with van der Waals surface area (Å²) in [6, 6.07) is 0. The van der Waals surface area contributed by atoms with Crippen LogP contribution >= 0.6 is 0 Å². The number of pyridine rings is 1. The summed E-state index contributed by atoms with van der Waals surface area (Å²) >= 11 is 0. The average molecular weight is 189 g/mol. The Morgan fingerprint density at radius 3 is 2.54 bits per heavy atom. The molecule has 1 aromatic heterocycles. The van der Waals surface area contributed by atoms with Gasteiger partial charge in [-0.15, -0.1) is 0 Å². The van der Waals surface area contributed by atoms with E-state index < -0.39 is 6.43 Å². The van der Waals surface area contributed by atoms with Crippen molar-refractivity contribution in [2.45, 2.75) is 6.43 Å². The van der Waals surface area contributed by atoms with Crippen molar-refractivity contribution in [2.24, 2.45) is 0 Å². The number of nitrogens with two attached hydrogens (primary N) is 2. The summed E-state index contributed by atoms with van der Waals surface area (Å²) in [6.45, 7) is 0. The topological polar surface area (TPSA) is 74.2 Å². The molecule has 6 heteroatoms. The highest BCUT2D eigenvalue weighted by molar-refractivity contribution is 5.67. The minimum Gasteiger partial charge on any atom is -0.491 e. The zero-order chi connectivity index (χ0) is 10.0. The molecular weight excluding hydrogens is 180 g/mol. The Balaban J connectivity index is 3.27. The van der Waals surface area contributed by atoms with Crippen LogP contribution in [0.25, 0.3) is 0 Å². The molecule has 4 nitrogen and oxygen atoms in total. The van der Waals surface area contributed by atoms with Crippen molar-refractivity contribution in [3.8, 4) is 5.75 Å². The molecule has 0 aliphatic rings. The van der Waals surface area contributed by atoms with E-state index in [9.17, 15) is 8.78 Å². The van der Waals surface area contributed by atoms with Gasteiger partial charge in [-0.2, -0.15) is 0 Å². The maximum absolute atomic E-state index is 12.3. The first-order valence-corrected chi connectivity index (χ1v) is 3.44. The van der Waals surface area contributed by atoms with Crippen LogP contribution in [0.2, 0.25) is 0 Å². The second-order valence-electron chi connectivity index (χ2n) is 2.35. The molecule has 0 amide bonds. The van der Waals surface area contributed by atoms with Crippen LogP contribution in [0, 0.1) is 0 Å². The van der Waals surface area contributed by atoms with E-state index in [4.69, 9.17) is 16.2 Å². The number of hydrogen-bond acceptors (Lipinski definition) is 4. The first kappa shape index (κ1) is 9.50. The lowest BCUT2D eigenvalue weighted by Crippen LogP contribution is -2.04. The highest BCUT2D eigenvalue weighted by Crippen LogP contribution is 2.34. The van der Waals surface area contributed by atoms with E-state index in [1.807, 2.05) is 0 Å². The molecule has 0 saturated heterocycles. The Kier molecular flexibility index (Phi) is 2.50. The Morgan fingerprint density at radius 2 is 2.08 bits per heavy atom. The third kappa shape index (κ3) is 1.61. The molecule has 0 bridgehead atoms. The molecule has 0 unspecified atom stereocenters. The molecule has 1 heterocycles. The van der Waals surface area contributed by atoms with Gasteiger partial charge in [0.15, 0.2) is 11.6 Å². The summed E-state index contributed by atoms with van der Waals surface area (Å²) in [6.07, 6.45) is -1.74. The van der Waals surface area contributed by atoms with Crippen molar-refractivity contribution in [3.05, 3.63) is 11.8 Å². The van der Waals surface area contributed by atoms with E-state index in [-0.39, 0.29) is 22.8 Å². The SMILES string of the molecule is COc1c(N)ncc(C(F)F)c1N. The van der Waals surface area contributed by atoms with Crippen molar-refractivity contribution < 1.29 is 13.5 Å². The number of nitrogen functional groups attached to an aromatic ring is 2. The number of anilines is 2. The molecule has 0 radical (unpaired) electrons. The van der Waals surface area contributed by atoms with Crippen LogP contribution in [0.3, 0.4) is 0 Å². The smallest absolute Gasteiger partial charge is 0.267 e. The summed E-state index contributed by atoms with van der Waals surface area (Å²) in [7, 11) is 1.29. The lowest BCUT2D eigenvalue weighted by Gasteiger charge is -2.10. The monoisotopic (exact) mass is 189 g/mol. The van der Waals surface area contributed by atoms with Crippen molar-refractivity contribution in [1.29, 1.82) is 0 Å². The molecule has 0 spiro atoms.